The summed E-state index contributed by atoms with van der Waals surface area (Å²) >= 11 is 1.57. The zero-order chi connectivity index (χ0) is 14.8. The second kappa shape index (κ2) is 5.73. The van der Waals surface area contributed by atoms with Crippen molar-refractivity contribution in [2.75, 3.05) is 0 Å². The van der Waals surface area contributed by atoms with Gasteiger partial charge in [0.2, 0.25) is 0 Å². The molecule has 3 aromatic rings. The standard InChI is InChI=1S/C15H14FN3OS/c1-10(11-5-7-12(16)8-6-11)21-15-18-17-14(19(15)2)13-4-3-9-20-13/h3-10H,1-2H3. The summed E-state index contributed by atoms with van der Waals surface area (Å²) in [6, 6.07) is 10.2. The van der Waals surface area contributed by atoms with Gasteiger partial charge in [0.1, 0.15) is 5.82 Å². The molecule has 0 radical (unpaired) electrons. The van der Waals surface area contributed by atoms with E-state index in [-0.39, 0.29) is 11.1 Å². The second-order valence-electron chi connectivity index (χ2n) is 4.65. The fraction of sp³-hybridized carbons (Fsp3) is 0.200. The third kappa shape index (κ3) is 2.85. The highest BCUT2D eigenvalue weighted by Gasteiger charge is 2.16. The molecule has 0 saturated heterocycles. The average molecular weight is 303 g/mol. The Kier molecular flexibility index (Phi) is 3.79. The van der Waals surface area contributed by atoms with Crippen LogP contribution < -0.4 is 0 Å². The summed E-state index contributed by atoms with van der Waals surface area (Å²) in [5.41, 5.74) is 1.05. The Morgan fingerprint density at radius 3 is 2.62 bits per heavy atom. The molecule has 0 aliphatic carbocycles. The zero-order valence-corrected chi connectivity index (χ0v) is 12.5. The van der Waals surface area contributed by atoms with Gasteiger partial charge in [0.05, 0.1) is 6.26 Å². The number of aromatic nitrogens is 3. The highest BCUT2D eigenvalue weighted by molar-refractivity contribution is 7.99. The van der Waals surface area contributed by atoms with Gasteiger partial charge in [-0.25, -0.2) is 4.39 Å². The van der Waals surface area contributed by atoms with Crippen LogP contribution in [0.5, 0.6) is 0 Å². The average Bonchev–Trinajstić information content (AvgIpc) is 3.10. The van der Waals surface area contributed by atoms with Crippen molar-refractivity contribution in [2.45, 2.75) is 17.3 Å². The number of hydrogen-bond donors (Lipinski definition) is 0. The summed E-state index contributed by atoms with van der Waals surface area (Å²) in [5.74, 6) is 1.15. The Morgan fingerprint density at radius 1 is 1.19 bits per heavy atom. The highest BCUT2D eigenvalue weighted by atomic mass is 32.2. The van der Waals surface area contributed by atoms with Crippen LogP contribution >= 0.6 is 11.8 Å². The molecular formula is C15H14FN3OS. The molecule has 108 valence electrons. The van der Waals surface area contributed by atoms with Gasteiger partial charge in [-0.15, -0.1) is 10.2 Å². The predicted octanol–water partition coefficient (Wildman–Crippen LogP) is 4.07. The van der Waals surface area contributed by atoms with Crippen molar-refractivity contribution in [3.8, 4) is 11.6 Å². The fourth-order valence-electron chi connectivity index (χ4n) is 2.00. The van der Waals surface area contributed by atoms with Gasteiger partial charge in [-0.2, -0.15) is 0 Å². The summed E-state index contributed by atoms with van der Waals surface area (Å²) in [5, 5.41) is 9.29. The molecule has 0 saturated carbocycles. The number of nitrogens with zero attached hydrogens (tertiary/aromatic N) is 3. The van der Waals surface area contributed by atoms with E-state index in [0.717, 1.165) is 10.7 Å². The molecule has 6 heteroatoms. The van der Waals surface area contributed by atoms with E-state index in [1.165, 1.54) is 12.1 Å². The van der Waals surface area contributed by atoms with E-state index < -0.39 is 0 Å². The van der Waals surface area contributed by atoms with Gasteiger partial charge in [0.25, 0.3) is 0 Å². The Balaban J connectivity index is 1.81. The van der Waals surface area contributed by atoms with Crippen LogP contribution in [0.25, 0.3) is 11.6 Å². The molecule has 2 aromatic heterocycles. The van der Waals surface area contributed by atoms with E-state index >= 15 is 0 Å². The Labute approximate surface area is 126 Å². The maximum absolute atomic E-state index is 13.0. The number of hydrogen-bond acceptors (Lipinski definition) is 4. The summed E-state index contributed by atoms with van der Waals surface area (Å²) in [6.07, 6.45) is 1.61. The molecule has 0 amide bonds. The molecule has 0 bridgehead atoms. The largest absolute Gasteiger partial charge is 0.461 e. The molecule has 1 atom stereocenters. The lowest BCUT2D eigenvalue weighted by Gasteiger charge is -2.10. The zero-order valence-electron chi connectivity index (χ0n) is 11.7. The lowest BCUT2D eigenvalue weighted by atomic mass is 10.2. The van der Waals surface area contributed by atoms with Crippen molar-refractivity contribution < 1.29 is 8.81 Å². The Morgan fingerprint density at radius 2 is 1.95 bits per heavy atom. The van der Waals surface area contributed by atoms with Crippen LogP contribution in [0.2, 0.25) is 0 Å². The van der Waals surface area contributed by atoms with Crippen LogP contribution in [-0.2, 0) is 7.05 Å². The highest BCUT2D eigenvalue weighted by Crippen LogP contribution is 2.34. The Hall–Kier alpha value is -2.08. The first-order valence-electron chi connectivity index (χ1n) is 6.50. The van der Waals surface area contributed by atoms with Crippen LogP contribution in [0.3, 0.4) is 0 Å². The van der Waals surface area contributed by atoms with Gasteiger partial charge in [-0.1, -0.05) is 23.9 Å². The minimum Gasteiger partial charge on any atom is -0.461 e. The van der Waals surface area contributed by atoms with Gasteiger partial charge >= 0.3 is 0 Å². The summed E-state index contributed by atoms with van der Waals surface area (Å²) in [4.78, 5) is 0. The fourth-order valence-corrected chi connectivity index (χ4v) is 2.94. The van der Waals surface area contributed by atoms with Crippen LogP contribution in [0.15, 0.2) is 52.2 Å². The topological polar surface area (TPSA) is 43.9 Å². The minimum atomic E-state index is -0.227. The molecule has 21 heavy (non-hydrogen) atoms. The third-order valence-electron chi connectivity index (χ3n) is 3.20. The first-order chi connectivity index (χ1) is 10.1. The predicted molar refractivity (Wildman–Crippen MR) is 79.4 cm³/mol. The quantitative estimate of drug-likeness (QED) is 0.682. The first-order valence-corrected chi connectivity index (χ1v) is 7.38. The molecule has 3 rings (SSSR count). The third-order valence-corrected chi connectivity index (χ3v) is 4.39. The smallest absolute Gasteiger partial charge is 0.200 e. The minimum absolute atomic E-state index is 0.151. The number of halogens is 1. The van der Waals surface area contributed by atoms with Gasteiger partial charge in [0, 0.05) is 12.3 Å². The molecule has 0 aliphatic rings. The van der Waals surface area contributed by atoms with Gasteiger partial charge in [0.15, 0.2) is 16.7 Å². The monoisotopic (exact) mass is 303 g/mol. The van der Waals surface area contributed by atoms with Crippen LogP contribution in [0.4, 0.5) is 4.39 Å². The second-order valence-corrected chi connectivity index (χ2v) is 5.96. The summed E-state index contributed by atoms with van der Waals surface area (Å²) in [6.45, 7) is 2.05. The SMILES string of the molecule is CC(Sc1nnc(-c2ccco2)n1C)c1ccc(F)cc1. The molecule has 4 nitrogen and oxygen atoms in total. The van der Waals surface area contributed by atoms with E-state index in [1.807, 2.05) is 23.7 Å². The van der Waals surface area contributed by atoms with Crippen molar-refractivity contribution in [1.82, 2.24) is 14.8 Å². The van der Waals surface area contributed by atoms with E-state index in [1.54, 1.807) is 30.2 Å². The van der Waals surface area contributed by atoms with Gasteiger partial charge in [-0.05, 0) is 36.8 Å². The molecule has 2 heterocycles. The van der Waals surface area contributed by atoms with Crippen LogP contribution in [-0.4, -0.2) is 14.8 Å². The lowest BCUT2D eigenvalue weighted by Crippen LogP contribution is -1.96. The molecule has 0 fully saturated rings. The van der Waals surface area contributed by atoms with Crippen molar-refractivity contribution in [3.05, 3.63) is 54.0 Å². The first kappa shape index (κ1) is 13.9. The van der Waals surface area contributed by atoms with Gasteiger partial charge in [-0.3, -0.25) is 0 Å². The van der Waals surface area contributed by atoms with Crippen molar-refractivity contribution in [3.63, 3.8) is 0 Å². The van der Waals surface area contributed by atoms with E-state index in [2.05, 4.69) is 17.1 Å². The van der Waals surface area contributed by atoms with E-state index in [4.69, 9.17) is 4.42 Å². The maximum Gasteiger partial charge on any atom is 0.200 e. The van der Waals surface area contributed by atoms with Crippen molar-refractivity contribution in [1.29, 1.82) is 0 Å². The van der Waals surface area contributed by atoms with Gasteiger partial charge < -0.3 is 8.98 Å². The number of benzene rings is 1. The van der Waals surface area contributed by atoms with Crippen molar-refractivity contribution in [2.24, 2.45) is 7.05 Å². The van der Waals surface area contributed by atoms with E-state index in [0.29, 0.717) is 11.6 Å². The number of rotatable bonds is 4. The molecule has 0 spiro atoms. The van der Waals surface area contributed by atoms with E-state index in [9.17, 15) is 4.39 Å². The number of thioether (sulfide) groups is 1. The number of furan rings is 1. The molecule has 1 aromatic carbocycles. The molecule has 1 unspecified atom stereocenters. The maximum atomic E-state index is 13.0. The summed E-state index contributed by atoms with van der Waals surface area (Å²) < 4.78 is 20.2. The molecular weight excluding hydrogens is 289 g/mol. The Bertz CT molecular complexity index is 722. The lowest BCUT2D eigenvalue weighted by molar-refractivity contribution is 0.572. The normalized spacial score (nSPS) is 12.5. The van der Waals surface area contributed by atoms with Crippen LogP contribution in [0, 0.1) is 5.82 Å². The summed E-state index contributed by atoms with van der Waals surface area (Å²) in [7, 11) is 1.90. The molecule has 0 N–H and O–H groups in total. The molecule has 0 aliphatic heterocycles. The van der Waals surface area contributed by atoms with Crippen molar-refractivity contribution >= 4 is 11.8 Å². The van der Waals surface area contributed by atoms with Crippen LogP contribution in [0.1, 0.15) is 17.7 Å².